The summed E-state index contributed by atoms with van der Waals surface area (Å²) in [7, 11) is 0. The highest BCUT2D eigenvalue weighted by atomic mass is 15.3. The van der Waals surface area contributed by atoms with E-state index in [0.29, 0.717) is 0 Å². The molecule has 3 aromatic heterocycles. The molecule has 162 valence electrons. The summed E-state index contributed by atoms with van der Waals surface area (Å²) in [5.74, 6) is 0. The zero-order valence-corrected chi connectivity index (χ0v) is 18.3. The Morgan fingerprint density at radius 1 is 0.750 bits per heavy atom. The number of hydrogen-bond donors (Lipinski definition) is 0. The Hall–Kier alpha value is -3.25. The summed E-state index contributed by atoms with van der Waals surface area (Å²) in [6, 6.07) is 13.0. The zero-order chi connectivity index (χ0) is 21.3. The number of aromatic nitrogens is 4. The van der Waals surface area contributed by atoms with Gasteiger partial charge in [-0.25, -0.2) is 4.68 Å². The number of benzene rings is 1. The highest BCUT2D eigenvalue weighted by molar-refractivity contribution is 5.86. The molecule has 2 aliphatic heterocycles. The van der Waals surface area contributed by atoms with E-state index >= 15 is 0 Å². The number of piperidine rings is 1. The summed E-state index contributed by atoms with van der Waals surface area (Å²) >= 11 is 0. The molecule has 6 nitrogen and oxygen atoms in total. The van der Waals surface area contributed by atoms with Crippen LogP contribution in [-0.2, 0) is 6.54 Å². The fraction of sp³-hybridized carbons (Fsp3) is 0.346. The van der Waals surface area contributed by atoms with Crippen molar-refractivity contribution < 1.29 is 0 Å². The summed E-state index contributed by atoms with van der Waals surface area (Å²) in [6.45, 7) is 5.52. The van der Waals surface area contributed by atoms with Gasteiger partial charge in [-0.05, 0) is 74.7 Å². The van der Waals surface area contributed by atoms with Crippen molar-refractivity contribution in [3.63, 3.8) is 0 Å². The van der Waals surface area contributed by atoms with Crippen molar-refractivity contribution in [1.29, 1.82) is 0 Å². The third kappa shape index (κ3) is 3.75. The summed E-state index contributed by atoms with van der Waals surface area (Å²) in [5, 5.41) is 5.83. The Bertz CT molecular complexity index is 1240. The molecular weight excluding hydrogens is 396 g/mol. The minimum absolute atomic E-state index is 0.914. The SMILES string of the molecule is c1cc(-n2ncc3cc(-c4cncc(N5CCCCC5)c4)ccc32)cc(CN2CCC2)n1. The number of anilines is 1. The van der Waals surface area contributed by atoms with Gasteiger partial charge in [-0.15, -0.1) is 0 Å². The van der Waals surface area contributed by atoms with Crippen LogP contribution < -0.4 is 4.90 Å². The predicted molar refractivity (Wildman–Crippen MR) is 128 cm³/mol. The number of fused-ring (bicyclic) bond motifs is 1. The molecule has 0 N–H and O–H groups in total. The maximum Gasteiger partial charge on any atom is 0.0741 e. The Morgan fingerprint density at radius 2 is 1.66 bits per heavy atom. The van der Waals surface area contributed by atoms with E-state index < -0.39 is 0 Å². The number of rotatable bonds is 5. The third-order valence-electron chi connectivity index (χ3n) is 6.73. The first-order valence-electron chi connectivity index (χ1n) is 11.7. The molecule has 2 fully saturated rings. The van der Waals surface area contributed by atoms with E-state index in [1.165, 1.54) is 50.0 Å². The van der Waals surface area contributed by atoms with Crippen LogP contribution in [0.4, 0.5) is 5.69 Å². The van der Waals surface area contributed by atoms with Crippen LogP contribution in [0, 0.1) is 0 Å². The van der Waals surface area contributed by atoms with Crippen LogP contribution in [0.15, 0.2) is 61.2 Å². The largest absolute Gasteiger partial charge is 0.370 e. The molecule has 4 aromatic rings. The van der Waals surface area contributed by atoms with E-state index in [4.69, 9.17) is 5.10 Å². The first-order chi connectivity index (χ1) is 15.8. The van der Waals surface area contributed by atoms with Gasteiger partial charge >= 0.3 is 0 Å². The fourth-order valence-electron chi connectivity index (χ4n) is 4.78. The second-order valence-electron chi connectivity index (χ2n) is 8.94. The molecule has 0 radical (unpaired) electrons. The van der Waals surface area contributed by atoms with E-state index in [2.05, 4.69) is 50.1 Å². The minimum Gasteiger partial charge on any atom is -0.370 e. The summed E-state index contributed by atoms with van der Waals surface area (Å²) in [5.41, 5.74) is 6.83. The second kappa shape index (κ2) is 8.36. The normalized spacial score (nSPS) is 16.9. The number of hydrogen-bond acceptors (Lipinski definition) is 5. The van der Waals surface area contributed by atoms with Gasteiger partial charge in [-0.3, -0.25) is 14.9 Å². The van der Waals surface area contributed by atoms with E-state index in [-0.39, 0.29) is 0 Å². The van der Waals surface area contributed by atoms with E-state index in [9.17, 15) is 0 Å². The first kappa shape index (κ1) is 19.4. The molecule has 32 heavy (non-hydrogen) atoms. The Balaban J connectivity index is 1.29. The van der Waals surface area contributed by atoms with Gasteiger partial charge in [0.05, 0.1) is 35.0 Å². The fourth-order valence-corrected chi connectivity index (χ4v) is 4.78. The van der Waals surface area contributed by atoms with Gasteiger partial charge in [0, 0.05) is 43.0 Å². The second-order valence-corrected chi connectivity index (χ2v) is 8.94. The number of nitrogens with zero attached hydrogens (tertiary/aromatic N) is 6. The van der Waals surface area contributed by atoms with Gasteiger partial charge in [0.15, 0.2) is 0 Å². The summed E-state index contributed by atoms with van der Waals surface area (Å²) in [4.78, 5) is 14.0. The van der Waals surface area contributed by atoms with Gasteiger partial charge in [0.25, 0.3) is 0 Å². The van der Waals surface area contributed by atoms with Crippen LogP contribution in [-0.4, -0.2) is 50.8 Å². The molecule has 0 bridgehead atoms. The average Bonchev–Trinajstić information content (AvgIpc) is 3.26. The van der Waals surface area contributed by atoms with Gasteiger partial charge in [0.1, 0.15) is 0 Å². The molecular formula is C26H28N6. The van der Waals surface area contributed by atoms with Crippen molar-refractivity contribution >= 4 is 16.6 Å². The summed E-state index contributed by atoms with van der Waals surface area (Å²) in [6.07, 6.45) is 13.0. The van der Waals surface area contributed by atoms with Crippen molar-refractivity contribution in [3.8, 4) is 16.8 Å². The standard InChI is InChI=1S/C26H28N6/c1-2-11-31(12-3-1)25-14-21(16-27-18-25)20-5-6-26-22(13-20)17-29-32(26)24-7-8-28-23(15-24)19-30-9-4-10-30/h5-8,13-18H,1-4,9-12,19H2. The van der Waals surface area contributed by atoms with Crippen molar-refractivity contribution in [3.05, 3.63) is 66.9 Å². The smallest absolute Gasteiger partial charge is 0.0741 e. The molecule has 0 atom stereocenters. The van der Waals surface area contributed by atoms with Gasteiger partial charge in [-0.1, -0.05) is 6.07 Å². The molecule has 6 heteroatoms. The first-order valence-corrected chi connectivity index (χ1v) is 11.7. The molecule has 1 aromatic carbocycles. The van der Waals surface area contributed by atoms with E-state index in [1.807, 2.05) is 35.5 Å². The van der Waals surface area contributed by atoms with E-state index in [1.54, 1.807) is 0 Å². The molecule has 0 amide bonds. The maximum atomic E-state index is 4.70. The number of pyridine rings is 2. The Morgan fingerprint density at radius 3 is 2.50 bits per heavy atom. The molecule has 2 saturated heterocycles. The van der Waals surface area contributed by atoms with Crippen molar-refractivity contribution in [1.82, 2.24) is 24.6 Å². The highest BCUT2D eigenvalue weighted by Gasteiger charge is 2.16. The van der Waals surface area contributed by atoms with Crippen LogP contribution in [0.1, 0.15) is 31.4 Å². The average molecular weight is 425 g/mol. The molecule has 6 rings (SSSR count). The van der Waals surface area contributed by atoms with Crippen molar-refractivity contribution in [2.75, 3.05) is 31.1 Å². The third-order valence-corrected chi connectivity index (χ3v) is 6.73. The monoisotopic (exact) mass is 424 g/mol. The lowest BCUT2D eigenvalue weighted by Crippen LogP contribution is -2.36. The lowest BCUT2D eigenvalue weighted by molar-refractivity contribution is 0.170. The Kier molecular flexibility index (Phi) is 5.07. The maximum absolute atomic E-state index is 4.70. The highest BCUT2D eigenvalue weighted by Crippen LogP contribution is 2.29. The van der Waals surface area contributed by atoms with Crippen LogP contribution in [0.5, 0.6) is 0 Å². The lowest BCUT2D eigenvalue weighted by Gasteiger charge is -2.30. The van der Waals surface area contributed by atoms with Crippen LogP contribution in [0.25, 0.3) is 27.7 Å². The van der Waals surface area contributed by atoms with Crippen LogP contribution in [0.2, 0.25) is 0 Å². The quantitative estimate of drug-likeness (QED) is 0.466. The molecule has 0 spiro atoms. The number of likely N-dealkylation sites (tertiary alicyclic amines) is 1. The molecule has 0 saturated carbocycles. The lowest BCUT2D eigenvalue weighted by atomic mass is 10.0. The van der Waals surface area contributed by atoms with Crippen molar-refractivity contribution in [2.45, 2.75) is 32.2 Å². The van der Waals surface area contributed by atoms with Gasteiger partial charge < -0.3 is 4.90 Å². The minimum atomic E-state index is 0.914. The van der Waals surface area contributed by atoms with E-state index in [0.717, 1.165) is 47.5 Å². The van der Waals surface area contributed by atoms with Crippen LogP contribution in [0.3, 0.4) is 0 Å². The van der Waals surface area contributed by atoms with Gasteiger partial charge in [0.2, 0.25) is 0 Å². The van der Waals surface area contributed by atoms with Gasteiger partial charge in [-0.2, -0.15) is 5.10 Å². The molecule has 0 unspecified atom stereocenters. The molecule has 2 aliphatic rings. The van der Waals surface area contributed by atoms with Crippen LogP contribution >= 0.6 is 0 Å². The van der Waals surface area contributed by atoms with Crippen molar-refractivity contribution in [2.24, 2.45) is 0 Å². The topological polar surface area (TPSA) is 50.1 Å². The zero-order valence-electron chi connectivity index (χ0n) is 18.3. The molecule has 5 heterocycles. The summed E-state index contributed by atoms with van der Waals surface area (Å²) < 4.78 is 2.02. The Labute approximate surface area is 188 Å². The predicted octanol–water partition coefficient (Wildman–Crippen LogP) is 4.68. The molecule has 0 aliphatic carbocycles.